The maximum Gasteiger partial charge on any atom is 0.136 e. The predicted octanol–water partition coefficient (Wildman–Crippen LogP) is 9.37. The largest absolute Gasteiger partial charge is 0.457 e. The van der Waals surface area contributed by atoms with Crippen LogP contribution in [0, 0.1) is 30.0 Å². The summed E-state index contributed by atoms with van der Waals surface area (Å²) < 4.78 is 20.7. The molecule has 1 aliphatic heterocycles. The Kier molecular flexibility index (Phi) is 7.43. The van der Waals surface area contributed by atoms with Gasteiger partial charge < -0.3 is 4.74 Å². The van der Waals surface area contributed by atoms with Gasteiger partial charge in [-0.2, -0.15) is 5.26 Å². The maximum atomic E-state index is 14.2. The highest BCUT2D eigenvalue weighted by Crippen LogP contribution is 2.41. The van der Waals surface area contributed by atoms with Gasteiger partial charge >= 0.3 is 0 Å². The minimum atomic E-state index is -0.201. The number of aryl methyl sites for hydroxylation is 1. The number of allylic oxidation sites excluding steroid dienone is 7. The first-order valence-corrected chi connectivity index (χ1v) is 13.3. The van der Waals surface area contributed by atoms with Crippen LogP contribution >= 0.6 is 0 Å². The van der Waals surface area contributed by atoms with Gasteiger partial charge in [0, 0.05) is 17.7 Å². The van der Waals surface area contributed by atoms with Crippen molar-refractivity contribution in [1.82, 2.24) is 0 Å². The Hall–Kier alpha value is -4.49. The van der Waals surface area contributed by atoms with Crippen molar-refractivity contribution in [1.29, 1.82) is 5.26 Å². The number of rotatable bonds is 4. The molecule has 194 valence electrons. The summed E-state index contributed by atoms with van der Waals surface area (Å²) in [6.07, 6.45) is 10.3. The van der Waals surface area contributed by atoms with Gasteiger partial charge in [-0.25, -0.2) is 4.39 Å². The molecular weight excluding hydrogens is 483 g/mol. The number of ether oxygens (including phenoxy) is 1. The van der Waals surface area contributed by atoms with E-state index in [0.29, 0.717) is 16.9 Å². The molecular formula is C35H31FN2O. The van der Waals surface area contributed by atoms with Gasteiger partial charge in [-0.15, -0.1) is 0 Å². The smallest absolute Gasteiger partial charge is 0.136 e. The average Bonchev–Trinajstić information content (AvgIpc) is 3.04. The lowest BCUT2D eigenvalue weighted by molar-refractivity contribution is 0.507. The highest BCUT2D eigenvalue weighted by molar-refractivity contribution is 6.07. The zero-order chi connectivity index (χ0) is 27.5. The number of aliphatic imine (C=N–C) groups is 1. The Morgan fingerprint density at radius 1 is 1.00 bits per heavy atom. The third-order valence-electron chi connectivity index (χ3n) is 7.44. The van der Waals surface area contributed by atoms with Crippen molar-refractivity contribution < 1.29 is 9.13 Å². The van der Waals surface area contributed by atoms with Crippen LogP contribution in [-0.4, -0.2) is 6.21 Å². The topological polar surface area (TPSA) is 45.4 Å². The Morgan fingerprint density at radius 3 is 2.62 bits per heavy atom. The molecule has 4 heteroatoms. The fraction of sp³-hybridized carbons (Fsp3) is 0.200. The number of fused-ring (bicyclic) bond motifs is 1. The van der Waals surface area contributed by atoms with Crippen LogP contribution in [0.2, 0.25) is 0 Å². The molecule has 2 aliphatic rings. The van der Waals surface area contributed by atoms with Crippen LogP contribution in [0.3, 0.4) is 0 Å². The summed E-state index contributed by atoms with van der Waals surface area (Å²) >= 11 is 0. The average molecular weight is 515 g/mol. The summed E-state index contributed by atoms with van der Waals surface area (Å²) in [5.74, 6) is 1.24. The summed E-state index contributed by atoms with van der Waals surface area (Å²) in [5.41, 5.74) is 9.45. The third kappa shape index (κ3) is 5.40. The second-order valence-electron chi connectivity index (χ2n) is 10.2. The standard InChI is InChI=1S/C35H31FN2O/c1-22-9-6-5-7-12-30(34(22)28-13-15-32(36)23(2)17-28)27-14-16-33-31(19-27)35(25(4)24(3)21-38-33)39-29-11-8-10-26(18-29)20-37/h5,7-8,10-19,21,24H,6,9H2,1-4H3. The number of hydrogen-bond donors (Lipinski definition) is 0. The van der Waals surface area contributed by atoms with Gasteiger partial charge in [-0.1, -0.05) is 48.9 Å². The molecule has 0 saturated carbocycles. The van der Waals surface area contributed by atoms with E-state index in [1.807, 2.05) is 36.5 Å². The lowest BCUT2D eigenvalue weighted by Gasteiger charge is -2.21. The molecule has 3 aromatic rings. The van der Waals surface area contributed by atoms with Gasteiger partial charge in [0.2, 0.25) is 0 Å². The molecule has 1 heterocycles. The summed E-state index contributed by atoms with van der Waals surface area (Å²) in [6.45, 7) is 8.14. The van der Waals surface area contributed by atoms with E-state index in [-0.39, 0.29) is 11.7 Å². The van der Waals surface area contributed by atoms with Crippen LogP contribution in [0.5, 0.6) is 5.75 Å². The van der Waals surface area contributed by atoms with Crippen LogP contribution < -0.4 is 4.74 Å². The first-order chi connectivity index (χ1) is 18.9. The summed E-state index contributed by atoms with van der Waals surface area (Å²) in [7, 11) is 0. The molecule has 1 unspecified atom stereocenters. The molecule has 1 atom stereocenters. The highest BCUT2D eigenvalue weighted by Gasteiger charge is 2.23. The van der Waals surface area contributed by atoms with Gasteiger partial charge in [0.05, 0.1) is 17.3 Å². The predicted molar refractivity (Wildman–Crippen MR) is 158 cm³/mol. The molecule has 0 aromatic heterocycles. The number of halogens is 1. The van der Waals surface area contributed by atoms with Crippen LogP contribution in [-0.2, 0) is 0 Å². The third-order valence-corrected chi connectivity index (χ3v) is 7.44. The second kappa shape index (κ2) is 11.1. The van der Waals surface area contributed by atoms with Crippen molar-refractivity contribution in [2.75, 3.05) is 0 Å². The van der Waals surface area contributed by atoms with E-state index in [1.165, 1.54) is 5.57 Å². The van der Waals surface area contributed by atoms with E-state index in [4.69, 9.17) is 9.73 Å². The minimum Gasteiger partial charge on any atom is -0.457 e. The molecule has 0 radical (unpaired) electrons. The molecule has 0 fully saturated rings. The molecule has 3 aromatic carbocycles. The van der Waals surface area contributed by atoms with E-state index < -0.39 is 0 Å². The summed E-state index contributed by atoms with van der Waals surface area (Å²) in [6, 6.07) is 21.0. The van der Waals surface area contributed by atoms with Crippen LogP contribution in [0.1, 0.15) is 61.4 Å². The highest BCUT2D eigenvalue weighted by atomic mass is 19.1. The zero-order valence-corrected chi connectivity index (χ0v) is 22.8. The monoisotopic (exact) mass is 514 g/mol. The number of hydrogen-bond acceptors (Lipinski definition) is 3. The van der Waals surface area contributed by atoms with E-state index in [1.54, 1.807) is 25.1 Å². The van der Waals surface area contributed by atoms with Crippen LogP contribution in [0.15, 0.2) is 95.0 Å². The van der Waals surface area contributed by atoms with Gasteiger partial charge in [0.15, 0.2) is 0 Å². The molecule has 0 saturated heterocycles. The molecule has 0 N–H and O–H groups in total. The Labute approximate surface area is 230 Å². The van der Waals surface area contributed by atoms with Gasteiger partial charge in [-0.3, -0.25) is 4.99 Å². The zero-order valence-electron chi connectivity index (χ0n) is 22.8. The molecule has 5 rings (SSSR count). The van der Waals surface area contributed by atoms with Crippen molar-refractivity contribution in [3.05, 3.63) is 124 Å². The fourth-order valence-electron chi connectivity index (χ4n) is 5.04. The summed E-state index contributed by atoms with van der Waals surface area (Å²) in [5, 5.41) is 9.39. The van der Waals surface area contributed by atoms with E-state index in [0.717, 1.165) is 57.7 Å². The van der Waals surface area contributed by atoms with Crippen molar-refractivity contribution in [2.24, 2.45) is 10.9 Å². The second-order valence-corrected chi connectivity index (χ2v) is 10.2. The minimum absolute atomic E-state index is 0.0819. The van der Waals surface area contributed by atoms with E-state index in [2.05, 4.69) is 57.2 Å². The number of benzene rings is 3. The van der Waals surface area contributed by atoms with Crippen LogP contribution in [0.4, 0.5) is 10.1 Å². The van der Waals surface area contributed by atoms with Crippen LogP contribution in [0.25, 0.3) is 16.9 Å². The molecule has 0 spiro atoms. The number of nitrogens with zero attached hydrogens (tertiary/aromatic N) is 2. The van der Waals surface area contributed by atoms with Gasteiger partial charge in [0.1, 0.15) is 17.3 Å². The molecule has 3 nitrogen and oxygen atoms in total. The fourth-order valence-corrected chi connectivity index (χ4v) is 5.04. The Morgan fingerprint density at radius 2 is 1.82 bits per heavy atom. The first-order valence-electron chi connectivity index (χ1n) is 13.3. The molecule has 0 amide bonds. The maximum absolute atomic E-state index is 14.2. The summed E-state index contributed by atoms with van der Waals surface area (Å²) in [4.78, 5) is 4.79. The first kappa shape index (κ1) is 26.1. The Balaban J connectivity index is 1.67. The molecule has 0 bridgehead atoms. The van der Waals surface area contributed by atoms with E-state index in [9.17, 15) is 9.65 Å². The molecule has 1 aliphatic carbocycles. The van der Waals surface area contributed by atoms with Crippen molar-refractivity contribution >= 4 is 28.8 Å². The van der Waals surface area contributed by atoms with E-state index >= 15 is 0 Å². The SMILES string of the molecule is CC1=C(c2ccc(F)c(C)c2)C(c2ccc3c(c2)C(Oc2cccc(C#N)c2)=C(C)C(C)C=N3)=CC=CCC1. The van der Waals surface area contributed by atoms with Crippen molar-refractivity contribution in [3.63, 3.8) is 0 Å². The molecule has 39 heavy (non-hydrogen) atoms. The van der Waals surface area contributed by atoms with Crippen molar-refractivity contribution in [2.45, 2.75) is 40.5 Å². The number of nitriles is 1. The lowest BCUT2D eigenvalue weighted by Crippen LogP contribution is -2.05. The van der Waals surface area contributed by atoms with Gasteiger partial charge in [-0.05, 0) is 109 Å². The van der Waals surface area contributed by atoms with Crippen molar-refractivity contribution in [3.8, 4) is 11.8 Å². The quantitative estimate of drug-likeness (QED) is 0.348. The van der Waals surface area contributed by atoms with Gasteiger partial charge in [0.25, 0.3) is 0 Å². The lowest BCUT2D eigenvalue weighted by atomic mass is 9.85. The Bertz CT molecular complexity index is 1650. The normalized spacial score (nSPS) is 17.1.